The van der Waals surface area contributed by atoms with Gasteiger partial charge in [0.05, 0.1) is 12.0 Å². The molecule has 2 aliphatic rings. The summed E-state index contributed by atoms with van der Waals surface area (Å²) >= 11 is 3.44. The van der Waals surface area contributed by atoms with Crippen LogP contribution in [0.5, 0.6) is 0 Å². The number of ether oxygens (including phenoxy) is 3. The van der Waals surface area contributed by atoms with Crippen LogP contribution in [0.25, 0.3) is 11.0 Å². The molecule has 0 bridgehead atoms. The predicted octanol–water partition coefficient (Wildman–Crippen LogP) is 1.98. The third-order valence-electron chi connectivity index (χ3n) is 4.91. The predicted molar refractivity (Wildman–Crippen MR) is 106 cm³/mol. The lowest BCUT2D eigenvalue weighted by Gasteiger charge is -2.23. The van der Waals surface area contributed by atoms with E-state index in [1.807, 2.05) is 34.6 Å². The number of hydrogen-bond donors (Lipinski definition) is 2. The van der Waals surface area contributed by atoms with Crippen LogP contribution in [0, 0.1) is 5.41 Å². The number of aliphatic hydroxyl groups excluding tert-OH is 1. The first kappa shape index (κ1) is 20.6. The summed E-state index contributed by atoms with van der Waals surface area (Å²) in [6, 6.07) is 0. The minimum Gasteiger partial charge on any atom is -0.394 e. The first-order valence-electron chi connectivity index (χ1n) is 9.34. The van der Waals surface area contributed by atoms with Gasteiger partial charge in [0.25, 0.3) is 0 Å². The second kappa shape index (κ2) is 6.95. The number of amides is 1. The number of carbonyl (C=O) groups is 1. The fraction of sp³-hybridized carbons (Fsp3) is 0.667. The second-order valence-corrected chi connectivity index (χ2v) is 9.42. The number of fused-ring (bicyclic) bond motifs is 2. The van der Waals surface area contributed by atoms with E-state index in [2.05, 4.69) is 36.3 Å². The number of nitrogens with zero attached hydrogens (tertiary/aromatic N) is 4. The molecule has 0 saturated carbocycles. The topological polar surface area (TPSA) is 121 Å². The Hall–Kier alpha value is -1.66. The molecule has 2 fully saturated rings. The van der Waals surface area contributed by atoms with Gasteiger partial charge >= 0.3 is 0 Å². The lowest BCUT2D eigenvalue weighted by Crippen LogP contribution is -2.31. The quantitative estimate of drug-likeness (QED) is 0.699. The summed E-state index contributed by atoms with van der Waals surface area (Å²) in [4.78, 5) is 21.0. The molecule has 0 unspecified atom stereocenters. The fourth-order valence-electron chi connectivity index (χ4n) is 3.50. The van der Waals surface area contributed by atoms with Gasteiger partial charge in [-0.1, -0.05) is 20.8 Å². The smallest absolute Gasteiger partial charge is 0.230 e. The normalized spacial score (nSPS) is 28.7. The highest BCUT2D eigenvalue weighted by atomic mass is 79.9. The zero-order valence-electron chi connectivity index (χ0n) is 16.8. The van der Waals surface area contributed by atoms with Gasteiger partial charge in [-0.15, -0.1) is 0 Å². The van der Waals surface area contributed by atoms with Crippen LogP contribution in [0.3, 0.4) is 0 Å². The third kappa shape index (κ3) is 3.55. The third-order valence-corrected chi connectivity index (χ3v) is 5.46. The van der Waals surface area contributed by atoms with Crippen molar-refractivity contribution >= 4 is 38.7 Å². The van der Waals surface area contributed by atoms with Crippen molar-refractivity contribution in [2.24, 2.45) is 5.41 Å². The number of aliphatic hydroxyl groups is 1. The maximum absolute atomic E-state index is 12.5. The van der Waals surface area contributed by atoms with E-state index in [9.17, 15) is 9.90 Å². The van der Waals surface area contributed by atoms with Crippen LogP contribution < -0.4 is 5.32 Å². The molecule has 4 rings (SSSR count). The largest absolute Gasteiger partial charge is 0.394 e. The molecule has 0 aromatic carbocycles. The number of aromatic nitrogens is 4. The zero-order valence-corrected chi connectivity index (χ0v) is 18.4. The van der Waals surface area contributed by atoms with Gasteiger partial charge in [0, 0.05) is 5.41 Å². The van der Waals surface area contributed by atoms with Crippen LogP contribution in [0.1, 0.15) is 40.8 Å². The van der Waals surface area contributed by atoms with Crippen LogP contribution in [0.2, 0.25) is 0 Å². The molecule has 11 heteroatoms. The fourth-order valence-corrected chi connectivity index (χ4v) is 4.04. The molecule has 2 aromatic heterocycles. The van der Waals surface area contributed by atoms with Crippen LogP contribution in [-0.2, 0) is 19.0 Å². The SMILES string of the molecule is CC1(C)O[C@@H]2[C@H](O1)[C@H](CO)O[C@H]2n1nc(Br)c2c(NC(=O)C(C)(C)C)ncnc21. The van der Waals surface area contributed by atoms with Crippen molar-refractivity contribution in [3.05, 3.63) is 10.9 Å². The summed E-state index contributed by atoms with van der Waals surface area (Å²) in [6.45, 7) is 8.88. The summed E-state index contributed by atoms with van der Waals surface area (Å²) in [6.07, 6.45) is -0.753. The number of carbonyl (C=O) groups excluding carboxylic acids is 1. The zero-order chi connectivity index (χ0) is 21.1. The molecule has 4 atom stereocenters. The summed E-state index contributed by atoms with van der Waals surface area (Å²) in [7, 11) is 0. The van der Waals surface area contributed by atoms with Gasteiger partial charge in [-0.3, -0.25) is 4.79 Å². The van der Waals surface area contributed by atoms with Crippen molar-refractivity contribution in [1.29, 1.82) is 0 Å². The molecule has 1 amide bonds. The van der Waals surface area contributed by atoms with Crippen molar-refractivity contribution in [2.75, 3.05) is 11.9 Å². The van der Waals surface area contributed by atoms with Gasteiger partial charge < -0.3 is 24.6 Å². The summed E-state index contributed by atoms with van der Waals surface area (Å²) in [5.41, 5.74) is -0.122. The summed E-state index contributed by atoms with van der Waals surface area (Å²) in [5.74, 6) is -0.625. The molecule has 0 radical (unpaired) electrons. The summed E-state index contributed by atoms with van der Waals surface area (Å²) in [5, 5.41) is 17.6. The van der Waals surface area contributed by atoms with E-state index in [-0.39, 0.29) is 12.5 Å². The molecule has 158 valence electrons. The summed E-state index contributed by atoms with van der Waals surface area (Å²) < 4.78 is 20.0. The number of halogens is 1. The van der Waals surface area contributed by atoms with Gasteiger partial charge in [-0.05, 0) is 29.8 Å². The molecular formula is C18H24BrN5O5. The lowest BCUT2D eigenvalue weighted by molar-refractivity contribution is -0.201. The Bertz CT molecular complexity index is 956. The molecular weight excluding hydrogens is 446 g/mol. The van der Waals surface area contributed by atoms with Gasteiger partial charge in [0.2, 0.25) is 5.91 Å². The highest BCUT2D eigenvalue weighted by Crippen LogP contribution is 2.44. The Balaban J connectivity index is 1.74. The molecule has 2 aliphatic heterocycles. The average Bonchev–Trinajstić information content (AvgIpc) is 3.23. The minimum absolute atomic E-state index is 0.177. The minimum atomic E-state index is -0.800. The van der Waals surface area contributed by atoms with Crippen LogP contribution in [-0.4, -0.2) is 61.5 Å². The Morgan fingerprint density at radius 1 is 1.31 bits per heavy atom. The van der Waals surface area contributed by atoms with Crippen molar-refractivity contribution in [3.8, 4) is 0 Å². The number of rotatable bonds is 3. The van der Waals surface area contributed by atoms with E-state index in [0.29, 0.717) is 21.5 Å². The van der Waals surface area contributed by atoms with E-state index >= 15 is 0 Å². The average molecular weight is 470 g/mol. The molecule has 0 aliphatic carbocycles. The van der Waals surface area contributed by atoms with E-state index in [1.165, 1.54) is 6.33 Å². The molecule has 0 spiro atoms. The highest BCUT2D eigenvalue weighted by Gasteiger charge is 2.56. The Morgan fingerprint density at radius 3 is 2.66 bits per heavy atom. The van der Waals surface area contributed by atoms with Crippen LogP contribution in [0.15, 0.2) is 10.9 Å². The maximum Gasteiger partial charge on any atom is 0.230 e. The van der Waals surface area contributed by atoms with E-state index < -0.39 is 35.7 Å². The molecule has 29 heavy (non-hydrogen) atoms. The second-order valence-electron chi connectivity index (χ2n) is 8.67. The number of hydrogen-bond acceptors (Lipinski definition) is 8. The lowest BCUT2D eigenvalue weighted by atomic mass is 9.96. The standard InChI is InChI=1S/C18H24BrN5O5/c1-17(2,3)16(26)22-13-9-12(19)23-24(14(9)21-7-20-13)15-11-10(8(6-25)27-15)28-18(4,5)29-11/h7-8,10-11,15,25H,6H2,1-5H3,(H,20,21,22,26)/t8-,10+,11+,15+/m0/s1. The van der Waals surface area contributed by atoms with E-state index in [1.54, 1.807) is 4.68 Å². The van der Waals surface area contributed by atoms with E-state index in [0.717, 1.165) is 0 Å². The van der Waals surface area contributed by atoms with Gasteiger partial charge in [0.15, 0.2) is 17.7 Å². The molecule has 2 aromatic rings. The van der Waals surface area contributed by atoms with Crippen LogP contribution in [0.4, 0.5) is 5.82 Å². The molecule has 2 N–H and O–H groups in total. The maximum atomic E-state index is 12.5. The highest BCUT2D eigenvalue weighted by molar-refractivity contribution is 9.10. The molecule has 2 saturated heterocycles. The Kier molecular flexibility index (Phi) is 4.94. The monoisotopic (exact) mass is 469 g/mol. The van der Waals surface area contributed by atoms with Gasteiger partial charge in [-0.2, -0.15) is 5.10 Å². The number of nitrogens with one attached hydrogen (secondary N) is 1. The van der Waals surface area contributed by atoms with Crippen LogP contribution >= 0.6 is 15.9 Å². The first-order chi connectivity index (χ1) is 13.5. The first-order valence-corrected chi connectivity index (χ1v) is 10.1. The Morgan fingerprint density at radius 2 is 2.00 bits per heavy atom. The van der Waals surface area contributed by atoms with Crippen molar-refractivity contribution < 1.29 is 24.1 Å². The Labute approximate surface area is 176 Å². The van der Waals surface area contributed by atoms with Gasteiger partial charge in [0.1, 0.15) is 35.1 Å². The van der Waals surface area contributed by atoms with Gasteiger partial charge in [-0.25, -0.2) is 14.6 Å². The van der Waals surface area contributed by atoms with Crippen molar-refractivity contribution in [2.45, 2.75) is 64.9 Å². The van der Waals surface area contributed by atoms with E-state index in [4.69, 9.17) is 14.2 Å². The molecule has 4 heterocycles. The molecule has 10 nitrogen and oxygen atoms in total. The van der Waals surface area contributed by atoms with Crippen molar-refractivity contribution in [1.82, 2.24) is 19.7 Å². The van der Waals surface area contributed by atoms with Crippen molar-refractivity contribution in [3.63, 3.8) is 0 Å². The number of anilines is 1.